The summed E-state index contributed by atoms with van der Waals surface area (Å²) in [6, 6.07) is 14.9. The Kier molecular flexibility index (Phi) is 6.69. The average Bonchev–Trinajstić information content (AvgIpc) is 3.33. The van der Waals surface area contributed by atoms with E-state index in [-0.39, 0.29) is 41.3 Å². The SMILES string of the molecule is Cc1ccc2c(c1)CC[C@@H]2NC(=O)c1cc(C(=O)NCc2cccc(CNc3c(N)c(=O)c3=O)c2)ncn1. The Labute approximate surface area is 218 Å². The highest BCUT2D eigenvalue weighted by atomic mass is 16.2. The highest BCUT2D eigenvalue weighted by molar-refractivity contribution is 5.97. The van der Waals surface area contributed by atoms with Crippen LogP contribution in [0.1, 0.15) is 61.3 Å². The van der Waals surface area contributed by atoms with Gasteiger partial charge in [0.15, 0.2) is 0 Å². The minimum absolute atomic E-state index is 0.0561. The summed E-state index contributed by atoms with van der Waals surface area (Å²) in [7, 11) is 0. The third kappa shape index (κ3) is 5.01. The maximum absolute atomic E-state index is 12.9. The lowest BCUT2D eigenvalue weighted by Gasteiger charge is -2.14. The molecule has 5 N–H and O–H groups in total. The number of aromatic nitrogens is 2. The molecule has 1 aliphatic carbocycles. The quantitative estimate of drug-likeness (QED) is 0.262. The van der Waals surface area contributed by atoms with Crippen molar-refractivity contribution in [1.82, 2.24) is 20.6 Å². The van der Waals surface area contributed by atoms with E-state index in [1.165, 1.54) is 23.5 Å². The highest BCUT2D eigenvalue weighted by Crippen LogP contribution is 2.31. The molecule has 5 rings (SSSR count). The van der Waals surface area contributed by atoms with Gasteiger partial charge in [0.25, 0.3) is 22.7 Å². The van der Waals surface area contributed by atoms with Crippen LogP contribution >= 0.6 is 0 Å². The molecule has 1 aliphatic rings. The lowest BCUT2D eigenvalue weighted by molar-refractivity contribution is 0.0931. The first-order valence-electron chi connectivity index (χ1n) is 12.2. The van der Waals surface area contributed by atoms with Crippen LogP contribution < -0.4 is 32.5 Å². The fourth-order valence-electron chi connectivity index (χ4n) is 4.63. The van der Waals surface area contributed by atoms with E-state index in [4.69, 9.17) is 5.73 Å². The predicted octanol–water partition coefficient (Wildman–Crippen LogP) is 1.92. The summed E-state index contributed by atoms with van der Waals surface area (Å²) >= 11 is 0. The Morgan fingerprint density at radius 1 is 0.947 bits per heavy atom. The van der Waals surface area contributed by atoms with Gasteiger partial charge in [-0.05, 0) is 42.0 Å². The molecule has 1 atom stereocenters. The number of hydrogen-bond acceptors (Lipinski definition) is 8. The van der Waals surface area contributed by atoms with E-state index in [1.807, 2.05) is 43.3 Å². The van der Waals surface area contributed by atoms with E-state index in [0.717, 1.165) is 29.5 Å². The number of aryl methyl sites for hydroxylation is 2. The number of nitrogens with one attached hydrogen (secondary N) is 3. The molecule has 0 bridgehead atoms. The highest BCUT2D eigenvalue weighted by Gasteiger charge is 2.25. The van der Waals surface area contributed by atoms with E-state index in [2.05, 4.69) is 32.0 Å². The smallest absolute Gasteiger partial charge is 0.270 e. The molecule has 1 heterocycles. The van der Waals surface area contributed by atoms with Crippen molar-refractivity contribution in [2.24, 2.45) is 0 Å². The van der Waals surface area contributed by atoms with E-state index in [1.54, 1.807) is 0 Å². The molecule has 0 aliphatic heterocycles. The van der Waals surface area contributed by atoms with E-state index >= 15 is 0 Å². The molecule has 192 valence electrons. The van der Waals surface area contributed by atoms with Gasteiger partial charge in [-0.3, -0.25) is 19.2 Å². The van der Waals surface area contributed by atoms with Crippen LogP contribution in [0, 0.1) is 6.92 Å². The van der Waals surface area contributed by atoms with Crippen molar-refractivity contribution in [3.8, 4) is 0 Å². The second-order valence-electron chi connectivity index (χ2n) is 9.36. The second-order valence-corrected chi connectivity index (χ2v) is 9.36. The Balaban J connectivity index is 1.18. The first-order valence-corrected chi connectivity index (χ1v) is 12.2. The molecule has 0 unspecified atom stereocenters. The summed E-state index contributed by atoms with van der Waals surface area (Å²) in [6.07, 6.45) is 2.92. The van der Waals surface area contributed by atoms with Crippen molar-refractivity contribution in [3.05, 3.63) is 115 Å². The van der Waals surface area contributed by atoms with Crippen LogP contribution in [0.25, 0.3) is 0 Å². The zero-order chi connectivity index (χ0) is 26.8. The van der Waals surface area contributed by atoms with Gasteiger partial charge < -0.3 is 21.7 Å². The van der Waals surface area contributed by atoms with Crippen molar-refractivity contribution >= 4 is 23.2 Å². The molecule has 0 spiro atoms. The van der Waals surface area contributed by atoms with Gasteiger partial charge >= 0.3 is 0 Å². The van der Waals surface area contributed by atoms with Gasteiger partial charge in [-0.1, -0.05) is 48.0 Å². The van der Waals surface area contributed by atoms with E-state index in [9.17, 15) is 19.2 Å². The van der Waals surface area contributed by atoms with E-state index < -0.39 is 16.8 Å². The minimum Gasteiger partial charge on any atom is -0.394 e. The third-order valence-corrected chi connectivity index (χ3v) is 6.67. The number of hydrogen-bond donors (Lipinski definition) is 4. The molecule has 3 aromatic carbocycles. The molecular weight excluding hydrogens is 484 g/mol. The lowest BCUT2D eigenvalue weighted by Crippen LogP contribution is -2.36. The minimum atomic E-state index is -0.673. The maximum Gasteiger partial charge on any atom is 0.270 e. The molecule has 0 saturated carbocycles. The van der Waals surface area contributed by atoms with Crippen LogP contribution in [0.2, 0.25) is 0 Å². The van der Waals surface area contributed by atoms with Crippen LogP contribution in [0.5, 0.6) is 0 Å². The van der Waals surface area contributed by atoms with Crippen molar-refractivity contribution < 1.29 is 9.59 Å². The summed E-state index contributed by atoms with van der Waals surface area (Å²) < 4.78 is 0. The number of fused-ring (bicyclic) bond motifs is 1. The number of rotatable bonds is 8. The number of nitrogens with two attached hydrogens (primary N) is 1. The van der Waals surface area contributed by atoms with Gasteiger partial charge in [0.05, 0.1) is 6.04 Å². The van der Waals surface area contributed by atoms with Crippen molar-refractivity contribution in [1.29, 1.82) is 0 Å². The molecule has 4 aromatic rings. The van der Waals surface area contributed by atoms with Crippen LogP contribution in [0.15, 0.2) is 64.4 Å². The van der Waals surface area contributed by atoms with Crippen molar-refractivity contribution in [3.63, 3.8) is 0 Å². The van der Waals surface area contributed by atoms with Gasteiger partial charge in [-0.25, -0.2) is 9.97 Å². The number of amides is 2. The van der Waals surface area contributed by atoms with Crippen molar-refractivity contribution in [2.75, 3.05) is 11.1 Å². The molecule has 38 heavy (non-hydrogen) atoms. The first kappa shape index (κ1) is 24.8. The summed E-state index contributed by atoms with van der Waals surface area (Å²) in [5, 5.41) is 8.69. The van der Waals surface area contributed by atoms with Gasteiger partial charge in [-0.15, -0.1) is 0 Å². The zero-order valence-corrected chi connectivity index (χ0v) is 20.7. The zero-order valence-electron chi connectivity index (χ0n) is 20.7. The molecule has 2 amide bonds. The topological polar surface area (TPSA) is 156 Å². The van der Waals surface area contributed by atoms with Gasteiger partial charge in [0, 0.05) is 19.2 Å². The number of benzene rings is 2. The summed E-state index contributed by atoms with van der Waals surface area (Å²) in [6.45, 7) is 2.57. The molecule has 10 heteroatoms. The molecular formula is C28H26N6O4. The van der Waals surface area contributed by atoms with Crippen LogP contribution in [-0.2, 0) is 19.5 Å². The lowest BCUT2D eigenvalue weighted by atomic mass is 10.1. The first-order chi connectivity index (χ1) is 18.3. The summed E-state index contributed by atoms with van der Waals surface area (Å²) in [5.74, 6) is -0.800. The summed E-state index contributed by atoms with van der Waals surface area (Å²) in [5.41, 5.74) is 9.74. The number of anilines is 2. The van der Waals surface area contributed by atoms with Crippen molar-refractivity contribution in [2.45, 2.75) is 38.9 Å². The largest absolute Gasteiger partial charge is 0.394 e. The normalized spacial score (nSPS) is 14.2. The Hall–Kier alpha value is -4.86. The van der Waals surface area contributed by atoms with Crippen LogP contribution in [-0.4, -0.2) is 21.8 Å². The Morgan fingerprint density at radius 3 is 2.45 bits per heavy atom. The fraction of sp³-hybridized carbons (Fsp3) is 0.214. The van der Waals surface area contributed by atoms with Gasteiger partial charge in [0.1, 0.15) is 29.1 Å². The monoisotopic (exact) mass is 510 g/mol. The van der Waals surface area contributed by atoms with Gasteiger partial charge in [-0.2, -0.15) is 0 Å². The standard InChI is InChI=1S/C28H26N6O4/c1-15-5-7-19-18(9-15)6-8-20(19)34-28(38)22-11-21(32-14-33-22)27(37)31-13-17-4-2-3-16(10-17)12-30-24-23(29)25(35)26(24)36/h2-5,7,9-11,14,20,30H,6,8,12-13,29H2,1H3,(H,31,37)(H,34,38)/t20-/m0/s1. The maximum atomic E-state index is 12.9. The molecule has 0 fully saturated rings. The number of nitrogens with zero attached hydrogens (tertiary/aromatic N) is 2. The molecule has 10 nitrogen and oxygen atoms in total. The van der Waals surface area contributed by atoms with Gasteiger partial charge in [0.2, 0.25) is 0 Å². The second kappa shape index (κ2) is 10.3. The predicted molar refractivity (Wildman–Crippen MR) is 142 cm³/mol. The Bertz CT molecular complexity index is 1620. The average molecular weight is 511 g/mol. The van der Waals surface area contributed by atoms with E-state index in [0.29, 0.717) is 6.54 Å². The summed E-state index contributed by atoms with van der Waals surface area (Å²) in [4.78, 5) is 56.5. The number of nitrogen functional groups attached to an aromatic ring is 1. The fourth-order valence-corrected chi connectivity index (χ4v) is 4.63. The Morgan fingerprint density at radius 2 is 1.68 bits per heavy atom. The number of carbonyl (C=O) groups excluding carboxylic acids is 2. The van der Waals surface area contributed by atoms with Crippen LogP contribution in [0.3, 0.4) is 0 Å². The molecule has 0 radical (unpaired) electrons. The molecule has 0 saturated heterocycles. The third-order valence-electron chi connectivity index (χ3n) is 6.67. The molecule has 1 aromatic heterocycles. The van der Waals surface area contributed by atoms with Crippen LogP contribution in [0.4, 0.5) is 11.4 Å². The number of carbonyl (C=O) groups is 2.